The van der Waals surface area contributed by atoms with Gasteiger partial charge in [0.2, 0.25) is 5.91 Å². The van der Waals surface area contributed by atoms with Crippen molar-refractivity contribution in [3.8, 4) is 6.07 Å². The first-order valence-corrected chi connectivity index (χ1v) is 5.38. The van der Waals surface area contributed by atoms with Crippen molar-refractivity contribution in [1.29, 1.82) is 5.26 Å². The number of benzene rings is 1. The van der Waals surface area contributed by atoms with E-state index in [0.717, 1.165) is 16.5 Å². The maximum atomic E-state index is 11.5. The lowest BCUT2D eigenvalue weighted by atomic mass is 10.0. The first-order valence-electron chi connectivity index (χ1n) is 5.38. The number of carbonyl (C=O) groups excluding carboxylic acids is 1. The van der Waals surface area contributed by atoms with Crippen molar-refractivity contribution < 1.29 is 4.79 Å². The normalized spacial score (nSPS) is 12.3. The number of para-hydroxylation sites is 1. The van der Waals surface area contributed by atoms with E-state index in [-0.39, 0.29) is 18.4 Å². The van der Waals surface area contributed by atoms with Crippen molar-refractivity contribution in [3.63, 3.8) is 0 Å². The molecule has 0 bridgehead atoms. The van der Waals surface area contributed by atoms with Gasteiger partial charge in [0, 0.05) is 24.5 Å². The minimum atomic E-state index is -0.356. The van der Waals surface area contributed by atoms with Gasteiger partial charge in [-0.05, 0) is 11.6 Å². The number of nitriles is 1. The summed E-state index contributed by atoms with van der Waals surface area (Å²) in [6.45, 7) is 1.51. The van der Waals surface area contributed by atoms with E-state index < -0.39 is 0 Å². The van der Waals surface area contributed by atoms with Crippen LogP contribution in [0.2, 0.25) is 0 Å². The minimum absolute atomic E-state index is 0.0587. The Morgan fingerprint density at radius 2 is 2.24 bits per heavy atom. The molecule has 1 heterocycles. The Labute approximate surface area is 99.3 Å². The molecular formula is C13H13N3O. The average molecular weight is 227 g/mol. The van der Waals surface area contributed by atoms with Crippen molar-refractivity contribution in [2.24, 2.45) is 5.73 Å². The van der Waals surface area contributed by atoms with Gasteiger partial charge in [-0.3, -0.25) is 9.36 Å². The Morgan fingerprint density at radius 1 is 1.53 bits per heavy atom. The summed E-state index contributed by atoms with van der Waals surface area (Å²) >= 11 is 0. The van der Waals surface area contributed by atoms with Crippen LogP contribution in [0, 0.1) is 11.3 Å². The summed E-state index contributed by atoms with van der Waals surface area (Å²) in [5, 5.41) is 9.62. The smallest absolute Gasteiger partial charge is 0.227 e. The van der Waals surface area contributed by atoms with Crippen molar-refractivity contribution >= 4 is 16.8 Å². The Bertz CT molecular complexity index is 607. The Hall–Kier alpha value is -2.12. The van der Waals surface area contributed by atoms with Gasteiger partial charge < -0.3 is 5.73 Å². The molecule has 0 aliphatic carbocycles. The van der Waals surface area contributed by atoms with Crippen LogP contribution in [0.4, 0.5) is 0 Å². The third kappa shape index (κ3) is 1.93. The summed E-state index contributed by atoms with van der Waals surface area (Å²) in [6, 6.07) is 9.26. The predicted octanol–water partition coefficient (Wildman–Crippen LogP) is 2.21. The Balaban J connectivity index is 2.65. The molecule has 86 valence electrons. The van der Waals surface area contributed by atoms with E-state index in [1.54, 1.807) is 10.8 Å². The van der Waals surface area contributed by atoms with E-state index in [9.17, 15) is 4.79 Å². The van der Waals surface area contributed by atoms with Crippen molar-refractivity contribution in [3.05, 3.63) is 36.0 Å². The lowest BCUT2D eigenvalue weighted by Crippen LogP contribution is -2.09. The van der Waals surface area contributed by atoms with Crippen LogP contribution < -0.4 is 5.73 Å². The molecule has 4 heteroatoms. The van der Waals surface area contributed by atoms with Crippen LogP contribution in [0.5, 0.6) is 0 Å². The number of nitrogens with two attached hydrogens (primary N) is 1. The lowest BCUT2D eigenvalue weighted by molar-refractivity contribution is 0.0941. The van der Waals surface area contributed by atoms with Crippen molar-refractivity contribution in [2.75, 3.05) is 0 Å². The molecule has 0 fully saturated rings. The molecule has 1 aromatic carbocycles. The van der Waals surface area contributed by atoms with Crippen LogP contribution in [-0.4, -0.2) is 10.5 Å². The number of nitrogens with zero attached hydrogens (tertiary/aromatic N) is 2. The summed E-state index contributed by atoms with van der Waals surface area (Å²) in [4.78, 5) is 11.5. The molecule has 2 rings (SSSR count). The third-order valence-corrected chi connectivity index (χ3v) is 2.79. The summed E-state index contributed by atoms with van der Waals surface area (Å²) in [7, 11) is 0. The zero-order valence-electron chi connectivity index (χ0n) is 9.55. The highest BCUT2D eigenvalue weighted by molar-refractivity contribution is 5.93. The average Bonchev–Trinajstić information content (AvgIpc) is 2.69. The molecule has 4 nitrogen and oxygen atoms in total. The van der Waals surface area contributed by atoms with Gasteiger partial charge in [0.25, 0.3) is 0 Å². The van der Waals surface area contributed by atoms with Gasteiger partial charge in [-0.1, -0.05) is 18.2 Å². The summed E-state index contributed by atoms with van der Waals surface area (Å²) in [5.74, 6) is -0.0587. The molecule has 0 saturated heterocycles. The van der Waals surface area contributed by atoms with Gasteiger partial charge >= 0.3 is 0 Å². The largest absolute Gasteiger partial charge is 0.323 e. The molecule has 1 atom stereocenters. The fourth-order valence-corrected chi connectivity index (χ4v) is 1.97. The molecule has 2 aromatic rings. The monoisotopic (exact) mass is 227 g/mol. The number of fused-ring (bicyclic) bond motifs is 1. The number of hydrogen-bond acceptors (Lipinski definition) is 3. The van der Waals surface area contributed by atoms with E-state index in [4.69, 9.17) is 11.0 Å². The maximum absolute atomic E-state index is 11.5. The summed E-state index contributed by atoms with van der Waals surface area (Å²) in [6.07, 6.45) is 1.97. The van der Waals surface area contributed by atoms with Crippen LogP contribution in [0.25, 0.3) is 10.9 Å². The van der Waals surface area contributed by atoms with Crippen molar-refractivity contribution in [2.45, 2.75) is 19.4 Å². The highest BCUT2D eigenvalue weighted by Gasteiger charge is 2.15. The second-order valence-electron chi connectivity index (χ2n) is 3.96. The number of hydrogen-bond donors (Lipinski definition) is 1. The first-order chi connectivity index (χ1) is 8.15. The molecule has 2 N–H and O–H groups in total. The van der Waals surface area contributed by atoms with E-state index in [1.807, 2.05) is 30.3 Å². The molecule has 0 amide bonds. The SMILES string of the molecule is CC(=O)n1cc([C@@H](N)CC#N)c2ccccc21. The zero-order chi connectivity index (χ0) is 12.4. The quantitative estimate of drug-likeness (QED) is 0.854. The van der Waals surface area contributed by atoms with E-state index in [1.165, 1.54) is 6.92 Å². The molecular weight excluding hydrogens is 214 g/mol. The highest BCUT2D eigenvalue weighted by atomic mass is 16.1. The van der Waals surface area contributed by atoms with Gasteiger partial charge in [0.05, 0.1) is 18.0 Å². The Morgan fingerprint density at radius 3 is 2.88 bits per heavy atom. The summed E-state index contributed by atoms with van der Waals surface area (Å²) in [5.41, 5.74) is 7.62. The topological polar surface area (TPSA) is 71.8 Å². The molecule has 0 aliphatic rings. The van der Waals surface area contributed by atoms with Gasteiger partial charge in [-0.15, -0.1) is 0 Å². The van der Waals surface area contributed by atoms with E-state index >= 15 is 0 Å². The van der Waals surface area contributed by atoms with E-state index in [2.05, 4.69) is 0 Å². The first kappa shape index (κ1) is 11.4. The minimum Gasteiger partial charge on any atom is -0.323 e. The summed E-state index contributed by atoms with van der Waals surface area (Å²) < 4.78 is 1.57. The number of carbonyl (C=O) groups is 1. The second kappa shape index (κ2) is 4.40. The van der Waals surface area contributed by atoms with Gasteiger partial charge in [0.15, 0.2) is 0 Å². The Kier molecular flexibility index (Phi) is 2.94. The highest BCUT2D eigenvalue weighted by Crippen LogP contribution is 2.26. The van der Waals surface area contributed by atoms with E-state index in [0.29, 0.717) is 0 Å². The standard InChI is InChI=1S/C13H13N3O/c1-9(17)16-8-11(12(15)6-7-14)10-4-2-3-5-13(10)16/h2-5,8,12H,6,15H2,1H3/t12-/m0/s1. The maximum Gasteiger partial charge on any atom is 0.227 e. The number of rotatable bonds is 2. The molecule has 0 aliphatic heterocycles. The van der Waals surface area contributed by atoms with Gasteiger partial charge in [-0.2, -0.15) is 5.26 Å². The van der Waals surface area contributed by atoms with Gasteiger partial charge in [0.1, 0.15) is 0 Å². The van der Waals surface area contributed by atoms with Crippen LogP contribution in [0.1, 0.15) is 29.7 Å². The lowest BCUT2D eigenvalue weighted by Gasteiger charge is -2.04. The molecule has 0 saturated carbocycles. The zero-order valence-corrected chi connectivity index (χ0v) is 9.55. The second-order valence-corrected chi connectivity index (χ2v) is 3.96. The molecule has 0 spiro atoms. The molecule has 0 unspecified atom stereocenters. The van der Waals surface area contributed by atoms with Crippen LogP contribution in [0.15, 0.2) is 30.5 Å². The molecule has 17 heavy (non-hydrogen) atoms. The fourth-order valence-electron chi connectivity index (χ4n) is 1.97. The predicted molar refractivity (Wildman–Crippen MR) is 65.4 cm³/mol. The molecule has 0 radical (unpaired) electrons. The number of aromatic nitrogens is 1. The molecule has 1 aromatic heterocycles. The van der Waals surface area contributed by atoms with Crippen LogP contribution in [-0.2, 0) is 0 Å². The van der Waals surface area contributed by atoms with Crippen LogP contribution >= 0.6 is 0 Å². The van der Waals surface area contributed by atoms with Crippen molar-refractivity contribution in [1.82, 2.24) is 4.57 Å². The van der Waals surface area contributed by atoms with Crippen LogP contribution in [0.3, 0.4) is 0 Å². The fraction of sp³-hybridized carbons (Fsp3) is 0.231. The van der Waals surface area contributed by atoms with Gasteiger partial charge in [-0.25, -0.2) is 0 Å². The third-order valence-electron chi connectivity index (χ3n) is 2.79.